The third-order valence-corrected chi connectivity index (χ3v) is 5.30. The predicted molar refractivity (Wildman–Crippen MR) is 107 cm³/mol. The van der Waals surface area contributed by atoms with Crippen molar-refractivity contribution in [3.05, 3.63) is 70.3 Å². The van der Waals surface area contributed by atoms with Crippen molar-refractivity contribution in [1.29, 1.82) is 0 Å². The molecule has 0 spiro atoms. The number of fused-ring (bicyclic) bond motifs is 1. The number of aryl methyl sites for hydroxylation is 1. The minimum atomic E-state index is -0.116. The maximum atomic E-state index is 12.5. The summed E-state index contributed by atoms with van der Waals surface area (Å²) in [7, 11) is 0. The first-order chi connectivity index (χ1) is 12.7. The van der Waals surface area contributed by atoms with Crippen LogP contribution in [0.15, 0.2) is 59.1 Å². The quantitative estimate of drug-likeness (QED) is 0.611. The van der Waals surface area contributed by atoms with Gasteiger partial charge in [0.25, 0.3) is 5.91 Å². The number of hydrogen-bond acceptors (Lipinski definition) is 3. The van der Waals surface area contributed by atoms with Crippen molar-refractivity contribution in [2.75, 3.05) is 0 Å². The SMILES string of the molecule is CCn1c(C2CC(NC(=O)c3cccc(Br)c3)NN2)cc2ccccc21. The van der Waals surface area contributed by atoms with Crippen LogP contribution in [0.2, 0.25) is 0 Å². The minimum Gasteiger partial charge on any atom is -0.343 e. The molecular weight excluding hydrogens is 392 g/mol. The van der Waals surface area contributed by atoms with Crippen LogP contribution in [0.5, 0.6) is 0 Å². The summed E-state index contributed by atoms with van der Waals surface area (Å²) < 4.78 is 3.22. The zero-order chi connectivity index (χ0) is 18.1. The molecule has 0 bridgehead atoms. The zero-order valence-electron chi connectivity index (χ0n) is 14.5. The van der Waals surface area contributed by atoms with E-state index in [1.54, 1.807) is 0 Å². The predicted octanol–water partition coefficient (Wildman–Crippen LogP) is 3.72. The van der Waals surface area contributed by atoms with Crippen LogP contribution in [0.1, 0.15) is 35.4 Å². The van der Waals surface area contributed by atoms with Gasteiger partial charge in [-0.05, 0) is 42.6 Å². The summed E-state index contributed by atoms with van der Waals surface area (Å²) in [4.78, 5) is 12.5. The average molecular weight is 413 g/mol. The summed E-state index contributed by atoms with van der Waals surface area (Å²) in [6, 6.07) is 18.2. The number of carbonyl (C=O) groups is 1. The Bertz CT molecular complexity index is 952. The third kappa shape index (κ3) is 3.28. The molecule has 26 heavy (non-hydrogen) atoms. The van der Waals surface area contributed by atoms with Crippen molar-refractivity contribution in [2.24, 2.45) is 0 Å². The molecule has 1 amide bonds. The fourth-order valence-electron chi connectivity index (χ4n) is 3.59. The Balaban J connectivity index is 1.50. The van der Waals surface area contributed by atoms with Crippen molar-refractivity contribution in [2.45, 2.75) is 32.1 Å². The van der Waals surface area contributed by atoms with E-state index in [4.69, 9.17) is 0 Å². The Kier molecular flexibility index (Phi) is 4.80. The first-order valence-electron chi connectivity index (χ1n) is 8.81. The van der Waals surface area contributed by atoms with Crippen LogP contribution < -0.4 is 16.2 Å². The number of hydrazine groups is 1. The van der Waals surface area contributed by atoms with E-state index in [2.05, 4.69) is 73.9 Å². The van der Waals surface area contributed by atoms with E-state index in [0.29, 0.717) is 5.56 Å². The van der Waals surface area contributed by atoms with Crippen LogP contribution in [0.4, 0.5) is 0 Å². The van der Waals surface area contributed by atoms with Crippen molar-refractivity contribution in [1.82, 2.24) is 20.7 Å². The lowest BCUT2D eigenvalue weighted by molar-refractivity contribution is 0.0932. The van der Waals surface area contributed by atoms with E-state index in [9.17, 15) is 4.79 Å². The largest absolute Gasteiger partial charge is 0.343 e. The molecule has 3 N–H and O–H groups in total. The molecule has 1 aliphatic rings. The van der Waals surface area contributed by atoms with E-state index in [1.807, 2.05) is 24.3 Å². The van der Waals surface area contributed by atoms with Crippen LogP contribution in [0.25, 0.3) is 10.9 Å². The summed E-state index contributed by atoms with van der Waals surface area (Å²) in [5.41, 5.74) is 9.67. The fraction of sp³-hybridized carbons (Fsp3) is 0.250. The number of nitrogens with one attached hydrogen (secondary N) is 3. The molecule has 2 atom stereocenters. The van der Waals surface area contributed by atoms with Crippen LogP contribution in [-0.2, 0) is 6.54 Å². The topological polar surface area (TPSA) is 58.1 Å². The molecule has 0 aliphatic carbocycles. The van der Waals surface area contributed by atoms with Crippen molar-refractivity contribution in [3.63, 3.8) is 0 Å². The number of aromatic nitrogens is 1. The third-order valence-electron chi connectivity index (χ3n) is 4.81. The Hall–Kier alpha value is -2.15. The van der Waals surface area contributed by atoms with Gasteiger partial charge in [-0.1, -0.05) is 40.2 Å². The standard InChI is InChI=1S/C20H21BrN4O/c1-2-25-17-9-4-3-6-13(17)11-18(25)16-12-19(24-23-16)22-20(26)14-7-5-8-15(21)10-14/h3-11,16,19,23-24H,2,12H2,1H3,(H,22,26). The molecule has 1 aromatic heterocycles. The first kappa shape index (κ1) is 17.3. The van der Waals surface area contributed by atoms with E-state index >= 15 is 0 Å². The Morgan fingerprint density at radius 2 is 2.04 bits per heavy atom. The van der Waals surface area contributed by atoms with Crippen molar-refractivity contribution in [3.8, 4) is 0 Å². The molecule has 1 aliphatic heterocycles. The molecule has 134 valence electrons. The van der Waals surface area contributed by atoms with Crippen LogP contribution in [0.3, 0.4) is 0 Å². The second-order valence-electron chi connectivity index (χ2n) is 6.49. The van der Waals surface area contributed by atoms with E-state index in [1.165, 1.54) is 16.6 Å². The maximum Gasteiger partial charge on any atom is 0.252 e. The highest BCUT2D eigenvalue weighted by atomic mass is 79.9. The highest BCUT2D eigenvalue weighted by Crippen LogP contribution is 2.28. The van der Waals surface area contributed by atoms with Gasteiger partial charge in [0.05, 0.1) is 12.2 Å². The summed E-state index contributed by atoms with van der Waals surface area (Å²) in [5.74, 6) is -0.0812. The molecule has 2 unspecified atom stereocenters. The van der Waals surface area contributed by atoms with Gasteiger partial charge in [-0.2, -0.15) is 0 Å². The fourth-order valence-corrected chi connectivity index (χ4v) is 3.99. The number of benzene rings is 2. The normalized spacial score (nSPS) is 19.8. The maximum absolute atomic E-state index is 12.5. The van der Waals surface area contributed by atoms with Crippen molar-refractivity contribution < 1.29 is 4.79 Å². The highest BCUT2D eigenvalue weighted by molar-refractivity contribution is 9.10. The molecule has 5 nitrogen and oxygen atoms in total. The Morgan fingerprint density at radius 3 is 2.85 bits per heavy atom. The second-order valence-corrected chi connectivity index (χ2v) is 7.40. The number of halogens is 1. The van der Waals surface area contributed by atoms with Gasteiger partial charge in [-0.15, -0.1) is 0 Å². The number of para-hydroxylation sites is 1. The van der Waals surface area contributed by atoms with Gasteiger partial charge in [0.2, 0.25) is 0 Å². The van der Waals surface area contributed by atoms with Gasteiger partial charge >= 0.3 is 0 Å². The van der Waals surface area contributed by atoms with E-state index in [0.717, 1.165) is 17.4 Å². The van der Waals surface area contributed by atoms with Gasteiger partial charge in [0.15, 0.2) is 0 Å². The lowest BCUT2D eigenvalue weighted by atomic mass is 10.1. The average Bonchev–Trinajstić information content (AvgIpc) is 3.25. The van der Waals surface area contributed by atoms with Gasteiger partial charge < -0.3 is 9.88 Å². The molecule has 3 aromatic rings. The van der Waals surface area contributed by atoms with Crippen LogP contribution in [0, 0.1) is 0 Å². The summed E-state index contributed by atoms with van der Waals surface area (Å²) in [5, 5.41) is 4.29. The molecule has 2 heterocycles. The minimum absolute atomic E-state index is 0.0812. The lowest BCUT2D eigenvalue weighted by Gasteiger charge is -2.14. The second kappa shape index (κ2) is 7.23. The Labute approximate surface area is 160 Å². The zero-order valence-corrected chi connectivity index (χ0v) is 16.1. The monoisotopic (exact) mass is 412 g/mol. The van der Waals surface area contributed by atoms with Crippen LogP contribution >= 0.6 is 15.9 Å². The smallest absolute Gasteiger partial charge is 0.252 e. The van der Waals surface area contributed by atoms with Gasteiger partial charge in [-0.25, -0.2) is 10.9 Å². The number of carbonyl (C=O) groups excluding carboxylic acids is 1. The van der Waals surface area contributed by atoms with Gasteiger partial charge in [0.1, 0.15) is 0 Å². The molecule has 2 aromatic carbocycles. The molecule has 6 heteroatoms. The van der Waals surface area contributed by atoms with Gasteiger partial charge in [-0.3, -0.25) is 4.79 Å². The number of hydrogen-bond donors (Lipinski definition) is 3. The number of amides is 1. The highest BCUT2D eigenvalue weighted by Gasteiger charge is 2.28. The Morgan fingerprint density at radius 1 is 1.19 bits per heavy atom. The summed E-state index contributed by atoms with van der Waals surface area (Å²) >= 11 is 3.41. The number of nitrogens with zero attached hydrogens (tertiary/aromatic N) is 1. The molecule has 1 fully saturated rings. The molecule has 0 radical (unpaired) electrons. The van der Waals surface area contributed by atoms with Crippen molar-refractivity contribution >= 4 is 32.7 Å². The molecule has 0 saturated carbocycles. The van der Waals surface area contributed by atoms with Crippen LogP contribution in [-0.4, -0.2) is 16.6 Å². The first-order valence-corrected chi connectivity index (χ1v) is 9.60. The summed E-state index contributed by atoms with van der Waals surface area (Å²) in [6.45, 7) is 3.07. The van der Waals surface area contributed by atoms with Gasteiger partial charge in [0, 0.05) is 34.2 Å². The number of rotatable bonds is 4. The molecule has 4 rings (SSSR count). The molecular formula is C20H21BrN4O. The van der Waals surface area contributed by atoms with E-state index in [-0.39, 0.29) is 18.1 Å². The summed E-state index contributed by atoms with van der Waals surface area (Å²) in [6.07, 6.45) is 0.672. The van der Waals surface area contributed by atoms with E-state index < -0.39 is 0 Å². The lowest BCUT2D eigenvalue weighted by Crippen LogP contribution is -2.44. The molecule has 1 saturated heterocycles.